The summed E-state index contributed by atoms with van der Waals surface area (Å²) < 4.78 is 10.5. The van der Waals surface area contributed by atoms with Gasteiger partial charge in [-0.3, -0.25) is 0 Å². The van der Waals surface area contributed by atoms with Gasteiger partial charge in [0.2, 0.25) is 5.60 Å². The van der Waals surface area contributed by atoms with Crippen LogP contribution in [-0.4, -0.2) is 13.1 Å². The van der Waals surface area contributed by atoms with E-state index in [1.54, 1.807) is 12.1 Å². The molecule has 2 aliphatic heterocycles. The molecule has 0 spiro atoms. The number of fused-ring (bicyclic) bond motifs is 5. The van der Waals surface area contributed by atoms with Gasteiger partial charge in [-0.15, -0.1) is 0 Å². The van der Waals surface area contributed by atoms with Gasteiger partial charge in [0.1, 0.15) is 6.10 Å². The highest BCUT2D eigenvalue weighted by molar-refractivity contribution is 6.32. The average molecular weight is 237 g/mol. The van der Waals surface area contributed by atoms with Crippen molar-refractivity contribution in [2.45, 2.75) is 11.7 Å². The molecule has 0 aromatic heterocycles. The van der Waals surface area contributed by atoms with Crippen LogP contribution in [0.2, 0.25) is 5.02 Å². The SMILES string of the molecule is COC(=O)C12C=CC(O1)c1cccc(Cl)c12. The number of hydrogen-bond donors (Lipinski definition) is 0. The van der Waals surface area contributed by atoms with E-state index in [4.69, 9.17) is 21.1 Å². The lowest BCUT2D eigenvalue weighted by Crippen LogP contribution is -2.33. The van der Waals surface area contributed by atoms with Gasteiger partial charge in [-0.05, 0) is 17.7 Å². The van der Waals surface area contributed by atoms with Crippen LogP contribution in [-0.2, 0) is 19.9 Å². The molecule has 1 aromatic rings. The zero-order valence-corrected chi connectivity index (χ0v) is 9.32. The number of hydrogen-bond acceptors (Lipinski definition) is 3. The van der Waals surface area contributed by atoms with Crippen LogP contribution in [0, 0.1) is 0 Å². The normalized spacial score (nSPS) is 29.2. The van der Waals surface area contributed by atoms with E-state index in [2.05, 4.69) is 0 Å². The van der Waals surface area contributed by atoms with Gasteiger partial charge in [0.15, 0.2) is 0 Å². The lowest BCUT2D eigenvalue weighted by Gasteiger charge is -2.21. The van der Waals surface area contributed by atoms with Crippen molar-refractivity contribution in [2.75, 3.05) is 7.11 Å². The summed E-state index contributed by atoms with van der Waals surface area (Å²) in [5, 5.41) is 0.537. The van der Waals surface area contributed by atoms with E-state index in [0.717, 1.165) is 11.1 Å². The summed E-state index contributed by atoms with van der Waals surface area (Å²) >= 11 is 6.13. The fourth-order valence-electron chi connectivity index (χ4n) is 2.35. The Kier molecular flexibility index (Phi) is 1.91. The molecule has 1 aromatic carbocycles. The minimum absolute atomic E-state index is 0.187. The molecule has 3 nitrogen and oxygen atoms in total. The summed E-state index contributed by atoms with van der Waals surface area (Å²) in [4.78, 5) is 11.9. The van der Waals surface area contributed by atoms with Gasteiger partial charge < -0.3 is 9.47 Å². The summed E-state index contributed by atoms with van der Waals surface area (Å²) in [7, 11) is 1.34. The maximum Gasteiger partial charge on any atom is 0.347 e. The van der Waals surface area contributed by atoms with E-state index < -0.39 is 11.6 Å². The molecule has 2 atom stereocenters. The topological polar surface area (TPSA) is 35.5 Å². The molecule has 4 heteroatoms. The fraction of sp³-hybridized carbons (Fsp3) is 0.250. The minimum atomic E-state index is -1.13. The van der Waals surface area contributed by atoms with Crippen molar-refractivity contribution < 1.29 is 14.3 Å². The predicted octanol–water partition coefficient (Wildman–Crippen LogP) is 2.35. The first-order valence-electron chi connectivity index (χ1n) is 4.93. The maximum absolute atomic E-state index is 11.9. The van der Waals surface area contributed by atoms with Crippen LogP contribution in [0.25, 0.3) is 0 Å². The van der Waals surface area contributed by atoms with Crippen LogP contribution in [0.15, 0.2) is 30.4 Å². The molecule has 2 bridgehead atoms. The molecule has 0 fully saturated rings. The Morgan fingerprint density at radius 1 is 1.56 bits per heavy atom. The Morgan fingerprint density at radius 2 is 2.38 bits per heavy atom. The highest BCUT2D eigenvalue weighted by Gasteiger charge is 2.54. The fourth-order valence-corrected chi connectivity index (χ4v) is 2.67. The summed E-state index contributed by atoms with van der Waals surface area (Å²) in [5.41, 5.74) is 0.531. The number of halogens is 1. The zero-order chi connectivity index (χ0) is 11.3. The van der Waals surface area contributed by atoms with E-state index in [1.807, 2.05) is 18.2 Å². The second-order valence-corrected chi connectivity index (χ2v) is 4.24. The van der Waals surface area contributed by atoms with E-state index >= 15 is 0 Å². The Hall–Kier alpha value is -1.32. The van der Waals surface area contributed by atoms with Gasteiger partial charge in [-0.1, -0.05) is 29.8 Å². The summed E-state index contributed by atoms with van der Waals surface area (Å²) in [5.74, 6) is -0.432. The zero-order valence-electron chi connectivity index (χ0n) is 8.57. The van der Waals surface area contributed by atoms with Crippen molar-refractivity contribution in [3.8, 4) is 0 Å². The van der Waals surface area contributed by atoms with Crippen molar-refractivity contribution in [3.63, 3.8) is 0 Å². The minimum Gasteiger partial charge on any atom is -0.466 e. The number of carbonyl (C=O) groups excluding carboxylic acids is 1. The van der Waals surface area contributed by atoms with Crippen molar-refractivity contribution in [2.24, 2.45) is 0 Å². The Labute approximate surface area is 97.6 Å². The quantitative estimate of drug-likeness (QED) is 0.555. The van der Waals surface area contributed by atoms with Crippen LogP contribution in [0.1, 0.15) is 17.2 Å². The average Bonchev–Trinajstić information content (AvgIpc) is 2.86. The molecule has 2 aliphatic rings. The third-order valence-corrected chi connectivity index (χ3v) is 3.35. The second kappa shape index (κ2) is 3.09. The third-order valence-electron chi connectivity index (χ3n) is 3.03. The summed E-state index contributed by atoms with van der Waals surface area (Å²) in [6, 6.07) is 5.52. The van der Waals surface area contributed by atoms with Crippen LogP contribution in [0.3, 0.4) is 0 Å². The second-order valence-electron chi connectivity index (χ2n) is 3.83. The van der Waals surface area contributed by atoms with E-state index in [-0.39, 0.29) is 6.10 Å². The number of esters is 1. The molecule has 0 saturated carbocycles. The molecule has 3 rings (SSSR count). The molecule has 0 N–H and O–H groups in total. The van der Waals surface area contributed by atoms with E-state index in [1.165, 1.54) is 7.11 Å². The highest BCUT2D eigenvalue weighted by atomic mass is 35.5. The van der Waals surface area contributed by atoms with Crippen LogP contribution < -0.4 is 0 Å². The van der Waals surface area contributed by atoms with Crippen molar-refractivity contribution in [1.29, 1.82) is 0 Å². The van der Waals surface area contributed by atoms with Gasteiger partial charge in [0, 0.05) is 10.6 Å². The number of rotatable bonds is 1. The highest BCUT2D eigenvalue weighted by Crippen LogP contribution is 2.53. The Bertz CT molecular complexity index is 509. The number of methoxy groups -OCH3 is 1. The van der Waals surface area contributed by atoms with Gasteiger partial charge in [0.25, 0.3) is 0 Å². The molecule has 0 saturated heterocycles. The van der Waals surface area contributed by atoms with Gasteiger partial charge in [0.05, 0.1) is 7.11 Å². The molecule has 0 amide bonds. The molecular weight excluding hydrogens is 228 g/mol. The van der Waals surface area contributed by atoms with E-state index in [9.17, 15) is 4.79 Å². The number of benzene rings is 1. The first kappa shape index (κ1) is 9.87. The molecular formula is C12H9ClO3. The smallest absolute Gasteiger partial charge is 0.347 e. The molecule has 2 unspecified atom stereocenters. The van der Waals surface area contributed by atoms with E-state index in [0.29, 0.717) is 5.02 Å². The van der Waals surface area contributed by atoms with Crippen LogP contribution in [0.4, 0.5) is 0 Å². The summed E-state index contributed by atoms with van der Waals surface area (Å²) in [6.07, 6.45) is 3.39. The van der Waals surface area contributed by atoms with Gasteiger partial charge in [-0.25, -0.2) is 4.79 Å². The molecule has 16 heavy (non-hydrogen) atoms. The molecule has 2 heterocycles. The lowest BCUT2D eigenvalue weighted by molar-refractivity contribution is -0.162. The van der Waals surface area contributed by atoms with Crippen LogP contribution in [0.5, 0.6) is 0 Å². The van der Waals surface area contributed by atoms with Crippen molar-refractivity contribution in [3.05, 3.63) is 46.5 Å². The van der Waals surface area contributed by atoms with Gasteiger partial charge in [-0.2, -0.15) is 0 Å². The molecule has 0 radical (unpaired) electrons. The summed E-state index contributed by atoms with van der Waals surface area (Å²) in [6.45, 7) is 0. The first-order valence-corrected chi connectivity index (χ1v) is 5.31. The largest absolute Gasteiger partial charge is 0.466 e. The van der Waals surface area contributed by atoms with Crippen molar-refractivity contribution in [1.82, 2.24) is 0 Å². The lowest BCUT2D eigenvalue weighted by atomic mass is 9.87. The number of carbonyl (C=O) groups is 1. The van der Waals surface area contributed by atoms with Crippen LogP contribution >= 0.6 is 11.6 Å². The Balaban J connectivity index is 2.26. The monoisotopic (exact) mass is 236 g/mol. The third kappa shape index (κ3) is 0.996. The van der Waals surface area contributed by atoms with Gasteiger partial charge >= 0.3 is 5.97 Å². The Morgan fingerprint density at radius 3 is 3.12 bits per heavy atom. The van der Waals surface area contributed by atoms with Crippen molar-refractivity contribution >= 4 is 17.6 Å². The molecule has 82 valence electrons. The predicted molar refractivity (Wildman–Crippen MR) is 58.1 cm³/mol. The standard InChI is InChI=1S/C12H9ClO3/c1-15-11(14)12-6-5-9(16-12)7-3-2-4-8(13)10(7)12/h2-6,9H,1H3. The maximum atomic E-state index is 11.9. The molecule has 0 aliphatic carbocycles. The number of ether oxygens (including phenoxy) is 2. The first-order chi connectivity index (χ1) is 7.69.